The van der Waals surface area contributed by atoms with E-state index in [9.17, 15) is 9.90 Å². The van der Waals surface area contributed by atoms with E-state index in [1.165, 1.54) is 11.3 Å². The lowest BCUT2D eigenvalue weighted by Gasteiger charge is -2.18. The van der Waals surface area contributed by atoms with Crippen LogP contribution in [0.3, 0.4) is 0 Å². The van der Waals surface area contributed by atoms with Crippen molar-refractivity contribution in [1.29, 1.82) is 0 Å². The van der Waals surface area contributed by atoms with Gasteiger partial charge in [0.15, 0.2) is 11.0 Å². The van der Waals surface area contributed by atoms with Gasteiger partial charge < -0.3 is 14.5 Å². The minimum Gasteiger partial charge on any atom is -0.481 e. The van der Waals surface area contributed by atoms with Gasteiger partial charge in [-0.25, -0.2) is 4.98 Å². The maximum Gasteiger partial charge on any atom is 0.305 e. The lowest BCUT2D eigenvalue weighted by atomic mass is 10.0. The molecule has 0 spiro atoms. The number of aryl methyl sites for hydroxylation is 1. The quantitative estimate of drug-likeness (QED) is 0.443. The van der Waals surface area contributed by atoms with E-state index >= 15 is 0 Å². The Morgan fingerprint density at radius 2 is 2.03 bits per heavy atom. The first kappa shape index (κ1) is 22.5. The number of halogens is 2. The van der Waals surface area contributed by atoms with E-state index in [-0.39, 0.29) is 19.5 Å². The van der Waals surface area contributed by atoms with Crippen LogP contribution in [0, 0.1) is 12.8 Å². The van der Waals surface area contributed by atoms with Gasteiger partial charge in [-0.15, -0.1) is 11.3 Å². The van der Waals surface area contributed by atoms with Gasteiger partial charge in [0.05, 0.1) is 28.7 Å². The zero-order chi connectivity index (χ0) is 21.8. The van der Waals surface area contributed by atoms with Crippen LogP contribution in [0.2, 0.25) is 10.0 Å². The van der Waals surface area contributed by atoms with Gasteiger partial charge in [0.25, 0.3) is 0 Å². The van der Waals surface area contributed by atoms with Crippen molar-refractivity contribution in [3.8, 4) is 11.3 Å². The van der Waals surface area contributed by atoms with Crippen LogP contribution in [0.5, 0.6) is 0 Å². The summed E-state index contributed by atoms with van der Waals surface area (Å²) in [6.07, 6.45) is 0.800. The van der Waals surface area contributed by atoms with E-state index in [1.54, 1.807) is 19.1 Å². The number of carbonyl (C=O) groups is 1. The summed E-state index contributed by atoms with van der Waals surface area (Å²) in [5.74, 6) is 0.477. The molecule has 0 aliphatic heterocycles. The average Bonchev–Trinajstić information content (AvgIpc) is 3.26. The molecule has 0 saturated carbocycles. The van der Waals surface area contributed by atoms with Gasteiger partial charge in [-0.2, -0.15) is 4.98 Å². The first-order valence-electron chi connectivity index (χ1n) is 9.44. The van der Waals surface area contributed by atoms with E-state index in [0.29, 0.717) is 32.8 Å². The van der Waals surface area contributed by atoms with Crippen LogP contribution in [0.25, 0.3) is 11.3 Å². The van der Waals surface area contributed by atoms with E-state index in [0.717, 1.165) is 22.6 Å². The topological polar surface area (TPSA) is 92.4 Å². The van der Waals surface area contributed by atoms with Crippen LogP contribution < -0.4 is 4.90 Å². The molecule has 1 aromatic carbocycles. The zero-order valence-corrected chi connectivity index (χ0v) is 19.2. The van der Waals surface area contributed by atoms with Gasteiger partial charge in [-0.1, -0.05) is 48.3 Å². The molecule has 0 unspecified atom stereocenters. The highest BCUT2D eigenvalue weighted by atomic mass is 35.5. The first-order chi connectivity index (χ1) is 14.2. The third kappa shape index (κ3) is 5.71. The smallest absolute Gasteiger partial charge is 0.305 e. The lowest BCUT2D eigenvalue weighted by molar-refractivity contribution is -0.136. The molecule has 0 atom stereocenters. The molecule has 10 heteroatoms. The second-order valence-corrected chi connectivity index (χ2v) is 9.17. The van der Waals surface area contributed by atoms with Crippen molar-refractivity contribution in [2.75, 3.05) is 11.4 Å². The number of aromatic nitrogens is 3. The van der Waals surface area contributed by atoms with Crippen molar-refractivity contribution in [2.24, 2.45) is 5.92 Å². The number of benzene rings is 1. The highest BCUT2D eigenvalue weighted by Gasteiger charge is 2.21. The van der Waals surface area contributed by atoms with Crippen molar-refractivity contribution >= 4 is 45.6 Å². The molecule has 0 saturated heterocycles. The number of nitrogens with zero attached hydrogens (tertiary/aromatic N) is 4. The average molecular weight is 469 g/mol. The number of thiazole rings is 1. The van der Waals surface area contributed by atoms with Gasteiger partial charge in [-0.05, 0) is 31.4 Å². The number of hydrogen-bond donors (Lipinski definition) is 1. The summed E-state index contributed by atoms with van der Waals surface area (Å²) in [6, 6.07) is 5.44. The molecule has 2 heterocycles. The number of rotatable bonds is 9. The summed E-state index contributed by atoms with van der Waals surface area (Å²) in [5.41, 5.74) is 1.69. The maximum atomic E-state index is 11.2. The molecule has 0 radical (unpaired) electrons. The minimum atomic E-state index is -0.884. The van der Waals surface area contributed by atoms with Gasteiger partial charge in [0.1, 0.15) is 0 Å². The molecule has 2 aromatic heterocycles. The molecule has 1 N–H and O–H groups in total. The highest BCUT2D eigenvalue weighted by molar-refractivity contribution is 7.16. The lowest BCUT2D eigenvalue weighted by Crippen LogP contribution is -2.25. The first-order valence-corrected chi connectivity index (χ1v) is 11.0. The van der Waals surface area contributed by atoms with E-state index in [4.69, 9.17) is 32.7 Å². The van der Waals surface area contributed by atoms with Crippen molar-refractivity contribution in [3.63, 3.8) is 0 Å². The Bertz CT molecular complexity index is 1030. The third-order valence-electron chi connectivity index (χ3n) is 4.23. The SMILES string of the molecule is Cc1noc(CN(CCC(=O)O)c2nc(-c3ccc(Cl)c(Cl)c3)c(CC(C)C)s2)n1. The molecule has 3 rings (SSSR count). The van der Waals surface area contributed by atoms with Crippen LogP contribution in [0.4, 0.5) is 5.13 Å². The number of aliphatic carboxylic acids is 1. The second kappa shape index (κ2) is 9.76. The van der Waals surface area contributed by atoms with Crippen LogP contribution >= 0.6 is 34.5 Å². The summed E-state index contributed by atoms with van der Waals surface area (Å²) in [7, 11) is 0. The second-order valence-electron chi connectivity index (χ2n) is 7.30. The Morgan fingerprint density at radius 3 is 2.63 bits per heavy atom. The number of hydrogen-bond acceptors (Lipinski definition) is 7. The molecule has 3 aromatic rings. The van der Waals surface area contributed by atoms with E-state index in [1.807, 2.05) is 11.0 Å². The van der Waals surface area contributed by atoms with E-state index in [2.05, 4.69) is 24.0 Å². The third-order valence-corrected chi connectivity index (χ3v) is 6.11. The van der Waals surface area contributed by atoms with Crippen molar-refractivity contribution in [2.45, 2.75) is 40.2 Å². The Labute approximate surface area is 188 Å². The van der Waals surface area contributed by atoms with Crippen molar-refractivity contribution in [3.05, 3.63) is 44.8 Å². The number of carboxylic acid groups (broad SMARTS) is 1. The van der Waals surface area contributed by atoms with Crippen LogP contribution in [0.15, 0.2) is 22.7 Å². The molecule has 160 valence electrons. The fraction of sp³-hybridized carbons (Fsp3) is 0.400. The summed E-state index contributed by atoms with van der Waals surface area (Å²) in [5, 5.41) is 14.6. The van der Waals surface area contributed by atoms with Gasteiger partial charge in [-0.3, -0.25) is 4.79 Å². The van der Waals surface area contributed by atoms with Gasteiger partial charge >= 0.3 is 5.97 Å². The van der Waals surface area contributed by atoms with Crippen molar-refractivity contribution in [1.82, 2.24) is 15.1 Å². The van der Waals surface area contributed by atoms with Gasteiger partial charge in [0, 0.05) is 17.0 Å². The molecule has 0 amide bonds. The summed E-state index contributed by atoms with van der Waals surface area (Å²) in [6.45, 7) is 6.57. The zero-order valence-electron chi connectivity index (χ0n) is 16.9. The Kier molecular flexibility index (Phi) is 7.33. The normalized spacial score (nSPS) is 11.3. The molecular formula is C20H22Cl2N4O3S. The summed E-state index contributed by atoms with van der Waals surface area (Å²) >= 11 is 13.8. The van der Waals surface area contributed by atoms with Crippen LogP contribution in [0.1, 0.15) is 36.9 Å². The summed E-state index contributed by atoms with van der Waals surface area (Å²) in [4.78, 5) is 23.2. The fourth-order valence-electron chi connectivity index (χ4n) is 2.89. The molecule has 0 fully saturated rings. The standard InChI is InChI=1S/C20H22Cl2N4O3S/c1-11(2)8-16-19(13-4-5-14(21)15(22)9-13)24-20(30-16)26(7-6-18(27)28)10-17-23-12(3)25-29-17/h4-5,9,11H,6-8,10H2,1-3H3,(H,27,28). The molecule has 0 bridgehead atoms. The maximum absolute atomic E-state index is 11.2. The van der Waals surface area contributed by atoms with E-state index < -0.39 is 5.97 Å². The van der Waals surface area contributed by atoms with Gasteiger partial charge in [0.2, 0.25) is 5.89 Å². The predicted octanol–water partition coefficient (Wildman–Crippen LogP) is 5.49. The number of anilines is 1. The molecule has 30 heavy (non-hydrogen) atoms. The van der Waals surface area contributed by atoms with Crippen LogP contribution in [-0.2, 0) is 17.8 Å². The predicted molar refractivity (Wildman–Crippen MR) is 118 cm³/mol. The molecular weight excluding hydrogens is 447 g/mol. The fourth-order valence-corrected chi connectivity index (χ4v) is 4.51. The summed E-state index contributed by atoms with van der Waals surface area (Å²) < 4.78 is 5.23. The number of carboxylic acids is 1. The Hall–Kier alpha value is -2.16. The largest absolute Gasteiger partial charge is 0.481 e. The monoisotopic (exact) mass is 468 g/mol. The molecule has 7 nitrogen and oxygen atoms in total. The molecule has 0 aliphatic carbocycles. The Morgan fingerprint density at radius 1 is 1.27 bits per heavy atom. The van der Waals surface area contributed by atoms with Crippen LogP contribution in [-0.4, -0.2) is 32.7 Å². The Balaban J connectivity index is 2.00. The minimum absolute atomic E-state index is 0.0334. The van der Waals surface area contributed by atoms with Crippen molar-refractivity contribution < 1.29 is 14.4 Å². The highest BCUT2D eigenvalue weighted by Crippen LogP contribution is 2.37. The molecule has 0 aliphatic rings.